The zero-order valence-corrected chi connectivity index (χ0v) is 10.9. The second-order valence-electron chi connectivity index (χ2n) is 4.33. The van der Waals surface area contributed by atoms with E-state index in [1.54, 1.807) is 6.20 Å². The zero-order valence-electron chi connectivity index (χ0n) is 10.9. The molecular formula is C15H11FN4O. The Labute approximate surface area is 119 Å². The number of carbonyl (C=O) groups excluding carboxylic acids is 1. The van der Waals surface area contributed by atoms with Gasteiger partial charge in [-0.3, -0.25) is 14.9 Å². The Morgan fingerprint density at radius 3 is 2.71 bits per heavy atom. The summed E-state index contributed by atoms with van der Waals surface area (Å²) in [4.78, 5) is 15.7. The van der Waals surface area contributed by atoms with Gasteiger partial charge in [-0.2, -0.15) is 5.10 Å². The summed E-state index contributed by atoms with van der Waals surface area (Å²) in [6.45, 7) is 0. The SMILES string of the molecule is O=C(Nc1[nH]ncc1-c1ccccc1)c1ccncc1F. The molecule has 1 aromatic carbocycles. The molecule has 0 saturated carbocycles. The molecule has 0 aliphatic carbocycles. The first-order valence-corrected chi connectivity index (χ1v) is 6.25. The third-order valence-electron chi connectivity index (χ3n) is 2.98. The molecular weight excluding hydrogens is 271 g/mol. The van der Waals surface area contributed by atoms with E-state index in [0.717, 1.165) is 17.3 Å². The Bertz CT molecular complexity index is 770. The molecule has 0 aliphatic rings. The fourth-order valence-electron chi connectivity index (χ4n) is 1.96. The first kappa shape index (κ1) is 13.0. The van der Waals surface area contributed by atoms with E-state index in [4.69, 9.17) is 0 Å². The molecule has 2 aromatic heterocycles. The molecule has 0 saturated heterocycles. The molecule has 3 rings (SSSR count). The highest BCUT2D eigenvalue weighted by Gasteiger charge is 2.15. The molecule has 2 N–H and O–H groups in total. The number of halogens is 1. The molecule has 5 nitrogen and oxygen atoms in total. The molecule has 1 amide bonds. The van der Waals surface area contributed by atoms with Gasteiger partial charge in [0, 0.05) is 11.8 Å². The minimum atomic E-state index is -0.671. The van der Waals surface area contributed by atoms with E-state index in [2.05, 4.69) is 20.5 Å². The summed E-state index contributed by atoms with van der Waals surface area (Å²) in [7, 11) is 0. The second kappa shape index (κ2) is 5.54. The Kier molecular flexibility index (Phi) is 3.42. The van der Waals surface area contributed by atoms with Crippen LogP contribution >= 0.6 is 0 Å². The lowest BCUT2D eigenvalue weighted by atomic mass is 10.1. The highest BCUT2D eigenvalue weighted by Crippen LogP contribution is 2.25. The van der Waals surface area contributed by atoms with Crippen LogP contribution in [0.1, 0.15) is 10.4 Å². The predicted octanol–water partition coefficient (Wildman–Crippen LogP) is 2.86. The number of carbonyl (C=O) groups is 1. The van der Waals surface area contributed by atoms with E-state index in [1.165, 1.54) is 12.3 Å². The molecule has 0 atom stereocenters. The Morgan fingerprint density at radius 2 is 1.95 bits per heavy atom. The van der Waals surface area contributed by atoms with Crippen LogP contribution in [0, 0.1) is 5.82 Å². The second-order valence-corrected chi connectivity index (χ2v) is 4.33. The van der Waals surface area contributed by atoms with Gasteiger partial charge in [0.15, 0.2) is 5.82 Å². The van der Waals surface area contributed by atoms with E-state index in [-0.39, 0.29) is 5.56 Å². The van der Waals surface area contributed by atoms with Crippen LogP contribution in [0.5, 0.6) is 0 Å². The summed E-state index contributed by atoms with van der Waals surface area (Å²) in [5.74, 6) is -0.811. The molecule has 0 radical (unpaired) electrons. The molecule has 104 valence electrons. The Balaban J connectivity index is 1.89. The lowest BCUT2D eigenvalue weighted by Crippen LogP contribution is -2.14. The summed E-state index contributed by atoms with van der Waals surface area (Å²) in [5.41, 5.74) is 1.56. The molecule has 2 heterocycles. The summed E-state index contributed by atoms with van der Waals surface area (Å²) in [6, 6.07) is 10.8. The van der Waals surface area contributed by atoms with Crippen molar-refractivity contribution in [2.24, 2.45) is 0 Å². The maximum Gasteiger partial charge on any atom is 0.259 e. The zero-order chi connectivity index (χ0) is 14.7. The van der Waals surface area contributed by atoms with Crippen molar-refractivity contribution in [3.8, 4) is 11.1 Å². The van der Waals surface area contributed by atoms with Gasteiger partial charge in [0.05, 0.1) is 18.0 Å². The molecule has 0 bridgehead atoms. The van der Waals surface area contributed by atoms with Crippen molar-refractivity contribution < 1.29 is 9.18 Å². The summed E-state index contributed by atoms with van der Waals surface area (Å²) in [5, 5.41) is 9.25. The molecule has 0 unspecified atom stereocenters. The smallest absolute Gasteiger partial charge is 0.259 e. The van der Waals surface area contributed by atoms with Gasteiger partial charge >= 0.3 is 0 Å². The summed E-state index contributed by atoms with van der Waals surface area (Å²) in [6.07, 6.45) is 3.97. The molecule has 21 heavy (non-hydrogen) atoms. The molecule has 0 spiro atoms. The lowest BCUT2D eigenvalue weighted by molar-refractivity contribution is 0.102. The summed E-state index contributed by atoms with van der Waals surface area (Å²) < 4.78 is 13.5. The van der Waals surface area contributed by atoms with Crippen molar-refractivity contribution in [3.05, 3.63) is 66.4 Å². The largest absolute Gasteiger partial charge is 0.306 e. The fraction of sp³-hybridized carbons (Fsp3) is 0. The van der Waals surface area contributed by atoms with Gasteiger partial charge in [0.1, 0.15) is 5.82 Å². The van der Waals surface area contributed by atoms with Gasteiger partial charge in [0.25, 0.3) is 5.91 Å². The van der Waals surface area contributed by atoms with Crippen molar-refractivity contribution in [3.63, 3.8) is 0 Å². The van der Waals surface area contributed by atoms with Crippen LogP contribution in [-0.2, 0) is 0 Å². The van der Waals surface area contributed by atoms with Crippen LogP contribution in [0.3, 0.4) is 0 Å². The van der Waals surface area contributed by atoms with E-state index >= 15 is 0 Å². The quantitative estimate of drug-likeness (QED) is 0.776. The number of H-pyrrole nitrogens is 1. The fourth-order valence-corrected chi connectivity index (χ4v) is 1.96. The number of nitrogens with zero attached hydrogens (tertiary/aromatic N) is 2. The van der Waals surface area contributed by atoms with Crippen molar-refractivity contribution >= 4 is 11.7 Å². The van der Waals surface area contributed by atoms with Gasteiger partial charge in [-0.15, -0.1) is 0 Å². The third kappa shape index (κ3) is 2.64. The van der Waals surface area contributed by atoms with Gasteiger partial charge < -0.3 is 5.32 Å². The highest BCUT2D eigenvalue weighted by molar-refractivity contribution is 6.05. The van der Waals surface area contributed by atoms with Crippen molar-refractivity contribution in [2.45, 2.75) is 0 Å². The number of aromatic nitrogens is 3. The predicted molar refractivity (Wildman–Crippen MR) is 76.2 cm³/mol. The van der Waals surface area contributed by atoms with Crippen LogP contribution in [0.15, 0.2) is 55.0 Å². The molecule has 0 aliphatic heterocycles. The van der Waals surface area contributed by atoms with Gasteiger partial charge in [-0.05, 0) is 11.6 Å². The van der Waals surface area contributed by atoms with Gasteiger partial charge in [-0.1, -0.05) is 30.3 Å². The number of amides is 1. The minimum Gasteiger partial charge on any atom is -0.306 e. The van der Waals surface area contributed by atoms with Crippen molar-refractivity contribution in [2.75, 3.05) is 5.32 Å². The van der Waals surface area contributed by atoms with Crippen LogP contribution in [-0.4, -0.2) is 21.1 Å². The van der Waals surface area contributed by atoms with E-state index in [9.17, 15) is 9.18 Å². The van der Waals surface area contributed by atoms with Crippen LogP contribution in [0.25, 0.3) is 11.1 Å². The first-order chi connectivity index (χ1) is 10.3. The van der Waals surface area contributed by atoms with Crippen LogP contribution in [0.2, 0.25) is 0 Å². The third-order valence-corrected chi connectivity index (χ3v) is 2.98. The number of rotatable bonds is 3. The number of nitrogens with one attached hydrogen (secondary N) is 2. The van der Waals surface area contributed by atoms with Crippen molar-refractivity contribution in [1.82, 2.24) is 15.2 Å². The van der Waals surface area contributed by atoms with Gasteiger partial charge in [-0.25, -0.2) is 4.39 Å². The normalized spacial score (nSPS) is 10.3. The van der Waals surface area contributed by atoms with Crippen LogP contribution in [0.4, 0.5) is 10.2 Å². The Morgan fingerprint density at radius 1 is 1.14 bits per heavy atom. The molecule has 3 aromatic rings. The Hall–Kier alpha value is -3.02. The van der Waals surface area contributed by atoms with Gasteiger partial charge in [0.2, 0.25) is 0 Å². The standard InChI is InChI=1S/C15H11FN4O/c16-13-9-17-7-6-11(13)15(21)19-14-12(8-18-20-14)10-4-2-1-3-5-10/h1-9H,(H2,18,19,20,21). The average Bonchev–Trinajstić information content (AvgIpc) is 2.96. The minimum absolute atomic E-state index is 0.0707. The van der Waals surface area contributed by atoms with E-state index in [0.29, 0.717) is 5.82 Å². The monoisotopic (exact) mass is 282 g/mol. The average molecular weight is 282 g/mol. The highest BCUT2D eigenvalue weighted by atomic mass is 19.1. The topological polar surface area (TPSA) is 70.7 Å². The number of benzene rings is 1. The summed E-state index contributed by atoms with van der Waals surface area (Å²) >= 11 is 0. The van der Waals surface area contributed by atoms with Crippen LogP contribution < -0.4 is 5.32 Å². The number of hydrogen-bond acceptors (Lipinski definition) is 3. The maximum atomic E-state index is 13.5. The molecule has 0 fully saturated rings. The van der Waals surface area contributed by atoms with Crippen molar-refractivity contribution in [1.29, 1.82) is 0 Å². The number of aromatic amines is 1. The van der Waals surface area contributed by atoms with E-state index in [1.807, 2.05) is 30.3 Å². The number of pyridine rings is 1. The first-order valence-electron chi connectivity index (χ1n) is 6.25. The molecule has 6 heteroatoms. The number of hydrogen-bond donors (Lipinski definition) is 2. The van der Waals surface area contributed by atoms with E-state index < -0.39 is 11.7 Å². The lowest BCUT2D eigenvalue weighted by Gasteiger charge is -2.06. The maximum absolute atomic E-state index is 13.5. The number of anilines is 1.